The van der Waals surface area contributed by atoms with Crippen molar-refractivity contribution >= 4 is 34.3 Å². The molecule has 1 aromatic heterocycles. The number of thioether (sulfide) groups is 1. The van der Waals surface area contributed by atoms with Gasteiger partial charge >= 0.3 is 0 Å². The number of carbonyl (C=O) groups is 1. The molecule has 1 amide bonds. The van der Waals surface area contributed by atoms with Crippen molar-refractivity contribution in [3.8, 4) is 5.75 Å². The van der Waals surface area contributed by atoms with Crippen LogP contribution in [-0.4, -0.2) is 26.3 Å². The molecule has 7 heteroatoms. The van der Waals surface area contributed by atoms with E-state index >= 15 is 0 Å². The second-order valence-corrected chi connectivity index (χ2v) is 7.55. The van der Waals surface area contributed by atoms with Crippen LogP contribution in [0.15, 0.2) is 58.5 Å². The first-order chi connectivity index (χ1) is 12.9. The molecule has 0 fully saturated rings. The lowest BCUT2D eigenvalue weighted by molar-refractivity contribution is -0.113. The molecule has 3 aromatic rings. The lowest BCUT2D eigenvalue weighted by atomic mass is 10.2. The zero-order valence-corrected chi connectivity index (χ0v) is 16.0. The fraction of sp³-hybridized carbons (Fsp3) is 0.250. The molecule has 0 bridgehead atoms. The van der Waals surface area contributed by atoms with Gasteiger partial charge in [-0.15, -0.1) is 0 Å². The average Bonchev–Trinajstić information content (AvgIpc) is 2.62. The Kier molecular flexibility index (Phi) is 5.81. The van der Waals surface area contributed by atoms with Crippen LogP contribution in [0.1, 0.15) is 13.8 Å². The van der Waals surface area contributed by atoms with E-state index in [-0.39, 0.29) is 28.9 Å². The summed E-state index contributed by atoms with van der Waals surface area (Å²) in [6, 6.07) is 13.6. The van der Waals surface area contributed by atoms with Crippen molar-refractivity contribution in [1.29, 1.82) is 0 Å². The Labute approximate surface area is 161 Å². The minimum Gasteiger partial charge on any atom is -0.508 e. The number of aromatic hydroxyl groups is 1. The van der Waals surface area contributed by atoms with Gasteiger partial charge in [0.15, 0.2) is 5.16 Å². The van der Waals surface area contributed by atoms with Crippen molar-refractivity contribution in [2.24, 2.45) is 5.92 Å². The standard InChI is InChI=1S/C20H21N3O3S/c1-13(2)11-23-19(26)16-8-3-4-9-17(16)22-20(23)27-12-18(25)21-14-6-5-7-15(24)10-14/h3-10,13,24H,11-12H2,1-2H3,(H,21,25). The minimum absolute atomic E-state index is 0.0856. The third-order valence-electron chi connectivity index (χ3n) is 3.84. The monoisotopic (exact) mass is 383 g/mol. The number of amides is 1. The molecule has 27 heavy (non-hydrogen) atoms. The Morgan fingerprint density at radius 1 is 1.22 bits per heavy atom. The number of benzene rings is 2. The summed E-state index contributed by atoms with van der Waals surface area (Å²) in [7, 11) is 0. The molecule has 6 nitrogen and oxygen atoms in total. The van der Waals surface area contributed by atoms with Crippen molar-refractivity contribution in [2.75, 3.05) is 11.1 Å². The number of hydrogen-bond acceptors (Lipinski definition) is 5. The van der Waals surface area contributed by atoms with Crippen LogP contribution in [0.5, 0.6) is 5.75 Å². The molecule has 3 rings (SSSR count). The summed E-state index contributed by atoms with van der Waals surface area (Å²) in [5.41, 5.74) is 1.05. The number of nitrogens with zero attached hydrogens (tertiary/aromatic N) is 2. The number of phenols is 1. The van der Waals surface area contributed by atoms with Gasteiger partial charge in [-0.05, 0) is 30.2 Å². The number of phenolic OH excluding ortho intramolecular Hbond substituents is 1. The van der Waals surface area contributed by atoms with Gasteiger partial charge in [0.05, 0.1) is 16.7 Å². The highest BCUT2D eigenvalue weighted by molar-refractivity contribution is 7.99. The van der Waals surface area contributed by atoms with Crippen LogP contribution in [-0.2, 0) is 11.3 Å². The smallest absolute Gasteiger partial charge is 0.262 e. The lowest BCUT2D eigenvalue weighted by Gasteiger charge is -2.14. The molecule has 0 aliphatic carbocycles. The minimum atomic E-state index is -0.232. The first-order valence-electron chi connectivity index (χ1n) is 8.65. The number of carbonyl (C=O) groups excluding carboxylic acids is 1. The second-order valence-electron chi connectivity index (χ2n) is 6.61. The van der Waals surface area contributed by atoms with E-state index in [2.05, 4.69) is 10.3 Å². The van der Waals surface area contributed by atoms with Crippen molar-refractivity contribution < 1.29 is 9.90 Å². The Morgan fingerprint density at radius 2 is 2.00 bits per heavy atom. The highest BCUT2D eigenvalue weighted by atomic mass is 32.2. The number of hydrogen-bond donors (Lipinski definition) is 2. The number of aromatic nitrogens is 2. The normalized spacial score (nSPS) is 11.1. The third-order valence-corrected chi connectivity index (χ3v) is 4.81. The van der Waals surface area contributed by atoms with Gasteiger partial charge < -0.3 is 10.4 Å². The number of nitrogens with one attached hydrogen (secondary N) is 1. The van der Waals surface area contributed by atoms with Crippen LogP contribution in [0, 0.1) is 5.92 Å². The number of para-hydroxylation sites is 1. The van der Waals surface area contributed by atoms with Gasteiger partial charge in [-0.2, -0.15) is 0 Å². The van der Waals surface area contributed by atoms with Gasteiger partial charge in [0.1, 0.15) is 5.75 Å². The summed E-state index contributed by atoms with van der Waals surface area (Å²) in [6.07, 6.45) is 0. The van der Waals surface area contributed by atoms with E-state index in [9.17, 15) is 14.7 Å². The van der Waals surface area contributed by atoms with Crippen molar-refractivity contribution in [3.63, 3.8) is 0 Å². The summed E-state index contributed by atoms with van der Waals surface area (Å²) in [6.45, 7) is 4.60. The van der Waals surface area contributed by atoms with Crippen molar-refractivity contribution in [3.05, 3.63) is 58.9 Å². The summed E-state index contributed by atoms with van der Waals surface area (Å²) in [5.74, 6) is 0.232. The first-order valence-corrected chi connectivity index (χ1v) is 9.64. The molecule has 1 heterocycles. The predicted molar refractivity (Wildman–Crippen MR) is 108 cm³/mol. The first kappa shape index (κ1) is 19.0. The predicted octanol–water partition coefficient (Wildman–Crippen LogP) is 3.49. The van der Waals surface area contributed by atoms with Crippen molar-refractivity contribution in [1.82, 2.24) is 9.55 Å². The highest BCUT2D eigenvalue weighted by Gasteiger charge is 2.14. The Hall–Kier alpha value is -2.80. The Morgan fingerprint density at radius 3 is 2.74 bits per heavy atom. The van der Waals surface area contributed by atoms with Gasteiger partial charge in [0.25, 0.3) is 5.56 Å². The molecule has 0 spiro atoms. The summed E-state index contributed by atoms with van der Waals surface area (Å²) in [4.78, 5) is 29.7. The van der Waals surface area contributed by atoms with Crippen LogP contribution in [0.25, 0.3) is 10.9 Å². The van der Waals surface area contributed by atoms with Crippen LogP contribution in [0.2, 0.25) is 0 Å². The number of rotatable bonds is 6. The topological polar surface area (TPSA) is 84.2 Å². The quantitative estimate of drug-likeness (QED) is 0.503. The molecule has 0 radical (unpaired) electrons. The maximum absolute atomic E-state index is 12.8. The van der Waals surface area contributed by atoms with Gasteiger partial charge in [0.2, 0.25) is 5.91 Å². The third kappa shape index (κ3) is 4.68. The van der Waals surface area contributed by atoms with E-state index in [4.69, 9.17) is 0 Å². The SMILES string of the molecule is CC(C)Cn1c(SCC(=O)Nc2cccc(O)c2)nc2ccccc2c1=O. The molecule has 0 unspecified atom stereocenters. The Bertz CT molecular complexity index is 1030. The molecule has 0 atom stereocenters. The molecule has 0 saturated carbocycles. The van der Waals surface area contributed by atoms with Crippen LogP contribution < -0.4 is 10.9 Å². The van der Waals surface area contributed by atoms with Gasteiger partial charge in [-0.3, -0.25) is 14.2 Å². The molecule has 0 aliphatic rings. The molecule has 0 aliphatic heterocycles. The molecule has 2 aromatic carbocycles. The fourth-order valence-electron chi connectivity index (χ4n) is 2.69. The number of anilines is 1. The molecular formula is C20H21N3O3S. The maximum Gasteiger partial charge on any atom is 0.262 e. The zero-order valence-electron chi connectivity index (χ0n) is 15.2. The number of fused-ring (bicyclic) bond motifs is 1. The van der Waals surface area contributed by atoms with E-state index < -0.39 is 0 Å². The van der Waals surface area contributed by atoms with Crippen LogP contribution in [0.4, 0.5) is 5.69 Å². The van der Waals surface area contributed by atoms with E-state index in [0.29, 0.717) is 28.3 Å². The van der Waals surface area contributed by atoms with E-state index in [1.54, 1.807) is 28.8 Å². The highest BCUT2D eigenvalue weighted by Crippen LogP contribution is 2.20. The van der Waals surface area contributed by atoms with Gasteiger partial charge in [-0.1, -0.05) is 43.8 Å². The van der Waals surface area contributed by atoms with Crippen molar-refractivity contribution in [2.45, 2.75) is 25.5 Å². The van der Waals surface area contributed by atoms with Crippen LogP contribution in [0.3, 0.4) is 0 Å². The Balaban J connectivity index is 1.82. The molecular weight excluding hydrogens is 362 g/mol. The largest absolute Gasteiger partial charge is 0.508 e. The zero-order chi connectivity index (χ0) is 19.4. The molecule has 0 saturated heterocycles. The van der Waals surface area contributed by atoms with E-state index in [0.717, 1.165) is 0 Å². The molecule has 140 valence electrons. The average molecular weight is 383 g/mol. The summed E-state index contributed by atoms with van der Waals surface area (Å²) >= 11 is 1.23. The van der Waals surface area contributed by atoms with Gasteiger partial charge in [-0.25, -0.2) is 4.98 Å². The summed E-state index contributed by atoms with van der Waals surface area (Å²) < 4.78 is 1.64. The van der Waals surface area contributed by atoms with Gasteiger partial charge in [0, 0.05) is 18.3 Å². The summed E-state index contributed by atoms with van der Waals surface area (Å²) in [5, 5.41) is 13.3. The van der Waals surface area contributed by atoms with E-state index in [1.165, 1.54) is 23.9 Å². The van der Waals surface area contributed by atoms with Crippen LogP contribution >= 0.6 is 11.8 Å². The molecule has 2 N–H and O–H groups in total. The lowest BCUT2D eigenvalue weighted by Crippen LogP contribution is -2.26. The fourth-order valence-corrected chi connectivity index (χ4v) is 3.50. The van der Waals surface area contributed by atoms with E-state index in [1.807, 2.05) is 26.0 Å². The second kappa shape index (κ2) is 8.26. The maximum atomic E-state index is 12.8.